The SMILES string of the molecule is CC[C@]1(O)C[C@H](O[C@@H]2C[C@H](N(C)C)[C@H](O[C@@H]3C[C@H](O)[C@H](O[C@@H]4CCC(=O)[C@H](C)O4)[C@H](C)O3)[C@@H](C)O2)c2c(cc3c(c2O)C(=O)c2c(O)cccc2C3=O)[C@H]1C(=O)OC. The highest BCUT2D eigenvalue weighted by molar-refractivity contribution is 6.30. The summed E-state index contributed by atoms with van der Waals surface area (Å²) in [5.74, 6) is -4.59. The number of aliphatic hydroxyl groups is 2. The van der Waals surface area contributed by atoms with Gasteiger partial charge < -0.3 is 58.5 Å². The van der Waals surface area contributed by atoms with E-state index in [1.807, 2.05) is 19.0 Å². The number of ketones is 3. The molecule has 2 aromatic carbocycles. The highest BCUT2D eigenvalue weighted by Gasteiger charge is 2.53. The molecular weight excluding hydrogens is 758 g/mol. The number of aliphatic hydroxyl groups excluding tert-OH is 1. The van der Waals surface area contributed by atoms with E-state index in [2.05, 4.69) is 0 Å². The number of carbonyl (C=O) groups excluding carboxylic acids is 4. The van der Waals surface area contributed by atoms with Crippen molar-refractivity contribution < 1.29 is 72.8 Å². The molecule has 2 aromatic rings. The average Bonchev–Trinajstić information content (AvgIpc) is 3.17. The maximum Gasteiger partial charge on any atom is 0.316 e. The molecule has 0 radical (unpaired) electrons. The molecule has 2 aliphatic carbocycles. The van der Waals surface area contributed by atoms with Crippen molar-refractivity contribution in [3.8, 4) is 11.5 Å². The van der Waals surface area contributed by atoms with Crippen LogP contribution in [0.4, 0.5) is 0 Å². The van der Waals surface area contributed by atoms with Crippen LogP contribution < -0.4 is 0 Å². The molecule has 58 heavy (non-hydrogen) atoms. The Labute approximate surface area is 336 Å². The molecule has 0 bridgehead atoms. The minimum atomic E-state index is -1.76. The van der Waals surface area contributed by atoms with E-state index in [0.29, 0.717) is 12.8 Å². The van der Waals surface area contributed by atoms with Crippen LogP contribution in [0.1, 0.15) is 121 Å². The van der Waals surface area contributed by atoms with E-state index in [4.69, 9.17) is 33.2 Å². The lowest BCUT2D eigenvalue weighted by Crippen LogP contribution is -2.58. The zero-order chi connectivity index (χ0) is 42.0. The molecule has 4 N–H and O–H groups in total. The van der Waals surface area contributed by atoms with Crippen LogP contribution in [0, 0.1) is 0 Å². The van der Waals surface area contributed by atoms with Gasteiger partial charge in [0.25, 0.3) is 0 Å². The van der Waals surface area contributed by atoms with Crippen molar-refractivity contribution in [2.75, 3.05) is 21.2 Å². The number of rotatable bonds is 9. The third-order valence-corrected chi connectivity index (χ3v) is 12.4. The second kappa shape index (κ2) is 16.3. The second-order valence-electron chi connectivity index (χ2n) is 16.3. The van der Waals surface area contributed by atoms with Crippen LogP contribution in [0.2, 0.25) is 0 Å². The number of fused-ring (bicyclic) bond motifs is 3. The summed E-state index contributed by atoms with van der Waals surface area (Å²) in [6.45, 7) is 6.95. The fourth-order valence-electron chi connectivity index (χ4n) is 9.27. The molecule has 0 saturated carbocycles. The van der Waals surface area contributed by atoms with Crippen LogP contribution in [0.3, 0.4) is 0 Å². The van der Waals surface area contributed by atoms with E-state index in [1.165, 1.54) is 31.4 Å². The van der Waals surface area contributed by atoms with Gasteiger partial charge in [-0.05, 0) is 59.0 Å². The van der Waals surface area contributed by atoms with Gasteiger partial charge in [-0.2, -0.15) is 0 Å². The van der Waals surface area contributed by atoms with Gasteiger partial charge in [-0.25, -0.2) is 0 Å². The normalized spacial score (nSPS) is 36.3. The standard InChI is InChI=1S/C42H53NO15/c1-8-42(51)17-28(33-22(35(42)41(50)52-7)14-23-34(38(33)49)37(48)32-21(36(23)47)10-9-11-26(32)45)56-30-15-24(43(5)6)39(19(3)54-30)58-31-16-27(46)40(20(4)55-31)57-29-13-12-25(44)18(2)53-29/h9-11,14,18-20,24,27-31,35,39-40,45-46,49,51H,8,12-13,15-17H2,1-7H3/t18-,19+,20-,24-,27-,28-,29+,30+,31+,35-,39+,40+,42-/m0/s1. The van der Waals surface area contributed by atoms with Gasteiger partial charge in [-0.15, -0.1) is 0 Å². The van der Waals surface area contributed by atoms with Gasteiger partial charge in [0.05, 0.1) is 48.3 Å². The monoisotopic (exact) mass is 811 g/mol. The van der Waals surface area contributed by atoms with Crippen LogP contribution in [-0.2, 0) is 42.7 Å². The van der Waals surface area contributed by atoms with Crippen LogP contribution >= 0.6 is 0 Å². The average molecular weight is 812 g/mol. The molecule has 0 unspecified atom stereocenters. The summed E-state index contributed by atoms with van der Waals surface area (Å²) >= 11 is 0. The van der Waals surface area contributed by atoms with Gasteiger partial charge in [0.15, 0.2) is 30.4 Å². The number of phenolic OH excluding ortho intramolecular Hbond substituents is 2. The third kappa shape index (κ3) is 7.47. The molecule has 16 heteroatoms. The van der Waals surface area contributed by atoms with Gasteiger partial charge >= 0.3 is 5.97 Å². The molecule has 316 valence electrons. The van der Waals surface area contributed by atoms with Gasteiger partial charge in [0.2, 0.25) is 5.78 Å². The zero-order valence-corrected chi connectivity index (χ0v) is 33.7. The third-order valence-electron chi connectivity index (χ3n) is 12.4. The van der Waals surface area contributed by atoms with Gasteiger partial charge in [-0.1, -0.05) is 19.1 Å². The number of hydrogen-bond acceptors (Lipinski definition) is 16. The van der Waals surface area contributed by atoms with Gasteiger partial charge in [-0.3, -0.25) is 19.2 Å². The molecule has 0 amide bonds. The topological polar surface area (TPSA) is 217 Å². The molecular formula is C42H53NO15. The summed E-state index contributed by atoms with van der Waals surface area (Å²) in [5.41, 5.74) is -2.49. The molecule has 3 aliphatic heterocycles. The summed E-state index contributed by atoms with van der Waals surface area (Å²) in [6, 6.07) is 5.11. The van der Waals surface area contributed by atoms with Crippen molar-refractivity contribution in [3.63, 3.8) is 0 Å². The van der Waals surface area contributed by atoms with E-state index >= 15 is 0 Å². The highest BCUT2D eigenvalue weighted by Crippen LogP contribution is 2.54. The minimum absolute atomic E-state index is 0.00573. The Morgan fingerprint density at radius 1 is 0.897 bits per heavy atom. The van der Waals surface area contributed by atoms with Crippen molar-refractivity contribution in [1.29, 1.82) is 0 Å². The lowest BCUT2D eigenvalue weighted by molar-refractivity contribution is -0.324. The summed E-state index contributed by atoms with van der Waals surface area (Å²) in [7, 11) is 4.91. The van der Waals surface area contributed by atoms with Crippen LogP contribution in [0.15, 0.2) is 24.3 Å². The van der Waals surface area contributed by atoms with E-state index in [-0.39, 0.29) is 70.9 Å². The number of methoxy groups -OCH3 is 1. The molecule has 13 atom stereocenters. The molecule has 3 saturated heterocycles. The fourth-order valence-corrected chi connectivity index (χ4v) is 9.27. The Balaban J connectivity index is 1.13. The minimum Gasteiger partial charge on any atom is -0.507 e. The number of carbonyl (C=O) groups is 4. The number of nitrogens with zero attached hydrogens (tertiary/aromatic N) is 1. The van der Waals surface area contributed by atoms with E-state index < -0.39 is 102 Å². The number of ether oxygens (including phenoxy) is 7. The largest absolute Gasteiger partial charge is 0.507 e. The highest BCUT2D eigenvalue weighted by atomic mass is 16.7. The van der Waals surface area contributed by atoms with Crippen molar-refractivity contribution >= 4 is 23.3 Å². The Hall–Kier alpha value is -3.84. The molecule has 3 fully saturated rings. The number of phenols is 2. The van der Waals surface area contributed by atoms with Crippen LogP contribution in [0.25, 0.3) is 0 Å². The lowest BCUT2D eigenvalue weighted by atomic mass is 9.67. The molecule has 3 heterocycles. The number of esters is 1. The summed E-state index contributed by atoms with van der Waals surface area (Å²) in [4.78, 5) is 55.0. The smallest absolute Gasteiger partial charge is 0.316 e. The van der Waals surface area contributed by atoms with E-state index in [1.54, 1.807) is 27.7 Å². The maximum absolute atomic E-state index is 13.9. The molecule has 7 rings (SSSR count). The predicted molar refractivity (Wildman–Crippen MR) is 201 cm³/mol. The molecule has 5 aliphatic rings. The second-order valence-corrected chi connectivity index (χ2v) is 16.3. The summed E-state index contributed by atoms with van der Waals surface area (Å²) in [5, 5.41) is 45.9. The Bertz CT molecular complexity index is 1940. The molecule has 16 nitrogen and oxygen atoms in total. The number of likely N-dealkylation sites (N-methyl/N-ethyl adjacent to an activating group) is 1. The number of benzene rings is 2. The zero-order valence-electron chi connectivity index (χ0n) is 33.7. The summed E-state index contributed by atoms with van der Waals surface area (Å²) in [6.07, 6.45) is -6.64. The quantitative estimate of drug-likeness (QED) is 0.228. The van der Waals surface area contributed by atoms with Crippen molar-refractivity contribution in [2.24, 2.45) is 0 Å². The first-order valence-electron chi connectivity index (χ1n) is 19.9. The first-order valence-corrected chi connectivity index (χ1v) is 19.9. The van der Waals surface area contributed by atoms with E-state index in [0.717, 1.165) is 0 Å². The Kier molecular flexibility index (Phi) is 11.9. The number of aromatic hydroxyl groups is 2. The number of Topliss-reactive ketones (excluding diaryl/α,β-unsaturated/α-hetero) is 1. The Morgan fingerprint density at radius 2 is 1.57 bits per heavy atom. The molecule has 0 aromatic heterocycles. The van der Waals surface area contributed by atoms with Crippen molar-refractivity contribution in [2.45, 2.75) is 145 Å². The Morgan fingerprint density at radius 3 is 2.21 bits per heavy atom. The predicted octanol–water partition coefficient (Wildman–Crippen LogP) is 3.16. The summed E-state index contributed by atoms with van der Waals surface area (Å²) < 4.78 is 42.6. The maximum atomic E-state index is 13.9. The van der Waals surface area contributed by atoms with Crippen molar-refractivity contribution in [3.05, 3.63) is 57.6 Å². The molecule has 0 spiro atoms. The number of hydrogen-bond donors (Lipinski definition) is 4. The first kappa shape index (κ1) is 42.3. The van der Waals surface area contributed by atoms with Crippen molar-refractivity contribution in [1.82, 2.24) is 4.90 Å². The lowest BCUT2D eigenvalue weighted by Gasteiger charge is -2.48. The van der Waals surface area contributed by atoms with Gasteiger partial charge in [0.1, 0.15) is 35.7 Å². The van der Waals surface area contributed by atoms with Gasteiger partial charge in [0, 0.05) is 54.8 Å². The first-order chi connectivity index (χ1) is 27.5. The van der Waals surface area contributed by atoms with Crippen LogP contribution in [0.5, 0.6) is 11.5 Å². The fraction of sp³-hybridized carbons (Fsp3) is 0.619. The van der Waals surface area contributed by atoms with Crippen LogP contribution in [-0.4, -0.2) is 137 Å². The van der Waals surface area contributed by atoms with E-state index in [9.17, 15) is 39.6 Å².